The molecular weight excluding hydrogens is 395 g/mol. The second kappa shape index (κ2) is 7.72. The highest BCUT2D eigenvalue weighted by Gasteiger charge is 2.32. The van der Waals surface area contributed by atoms with Gasteiger partial charge in [-0.3, -0.25) is 0 Å². The van der Waals surface area contributed by atoms with Crippen LogP contribution in [0.2, 0.25) is 0 Å². The summed E-state index contributed by atoms with van der Waals surface area (Å²) in [6, 6.07) is 10.9. The SMILES string of the molecule is C[C@@H]1C[C@H](C)CN(S(=O)(=O)c2ccc3nnn(OCc4ccccc4F)c3c2)C1. The molecule has 2 aromatic carbocycles. The van der Waals surface area contributed by atoms with Crippen molar-refractivity contribution >= 4 is 21.1 Å². The maximum absolute atomic E-state index is 13.8. The lowest BCUT2D eigenvalue weighted by Crippen LogP contribution is -2.42. The monoisotopic (exact) mass is 418 g/mol. The molecule has 0 radical (unpaired) electrons. The standard InChI is InChI=1S/C20H23FN4O3S/c1-14-9-15(2)12-24(11-14)29(26,27)17-7-8-19-20(10-17)25(23-22-19)28-13-16-5-3-4-6-18(16)21/h3-8,10,14-15H,9,11-13H2,1-2H3/t14-,15+. The molecule has 2 heterocycles. The molecule has 1 aliphatic rings. The van der Waals surface area contributed by atoms with Crippen LogP contribution in [-0.2, 0) is 16.6 Å². The van der Waals surface area contributed by atoms with Gasteiger partial charge in [0.2, 0.25) is 10.0 Å². The number of fused-ring (bicyclic) bond motifs is 1. The molecule has 0 spiro atoms. The van der Waals surface area contributed by atoms with E-state index >= 15 is 0 Å². The summed E-state index contributed by atoms with van der Waals surface area (Å²) in [4.78, 5) is 6.88. The van der Waals surface area contributed by atoms with Crippen LogP contribution >= 0.6 is 0 Å². The molecule has 0 unspecified atom stereocenters. The second-order valence-corrected chi connectivity index (χ2v) is 9.68. The van der Waals surface area contributed by atoms with Crippen LogP contribution in [0.1, 0.15) is 25.8 Å². The first-order valence-electron chi connectivity index (χ1n) is 9.57. The minimum Gasteiger partial charge on any atom is -0.390 e. The molecule has 0 saturated carbocycles. The molecule has 0 amide bonds. The first-order valence-corrected chi connectivity index (χ1v) is 11.0. The number of halogens is 1. The van der Waals surface area contributed by atoms with Crippen molar-refractivity contribution in [1.29, 1.82) is 0 Å². The number of hydrogen-bond donors (Lipinski definition) is 0. The van der Waals surface area contributed by atoms with Gasteiger partial charge in [0.05, 0.1) is 4.90 Å². The lowest BCUT2D eigenvalue weighted by atomic mass is 9.94. The van der Waals surface area contributed by atoms with E-state index in [0.717, 1.165) is 11.3 Å². The van der Waals surface area contributed by atoms with Crippen molar-refractivity contribution in [2.75, 3.05) is 13.1 Å². The zero-order chi connectivity index (χ0) is 20.6. The highest BCUT2D eigenvalue weighted by molar-refractivity contribution is 7.89. The first kappa shape index (κ1) is 19.8. The summed E-state index contributed by atoms with van der Waals surface area (Å²) < 4.78 is 41.7. The minimum absolute atomic E-state index is 0.0523. The summed E-state index contributed by atoms with van der Waals surface area (Å²) in [6.07, 6.45) is 1.02. The normalized spacial score (nSPS) is 20.8. The van der Waals surface area contributed by atoms with Crippen LogP contribution in [0.5, 0.6) is 0 Å². The molecule has 154 valence electrons. The lowest BCUT2D eigenvalue weighted by Gasteiger charge is -2.34. The number of rotatable bonds is 5. The highest BCUT2D eigenvalue weighted by atomic mass is 32.2. The fourth-order valence-corrected chi connectivity index (χ4v) is 5.53. The average molecular weight is 418 g/mol. The van der Waals surface area contributed by atoms with Gasteiger partial charge < -0.3 is 4.84 Å². The largest absolute Gasteiger partial charge is 0.390 e. The summed E-state index contributed by atoms with van der Waals surface area (Å²) in [5, 5.41) is 7.91. The van der Waals surface area contributed by atoms with Crippen molar-refractivity contribution in [3.63, 3.8) is 0 Å². The van der Waals surface area contributed by atoms with E-state index in [1.807, 2.05) is 0 Å². The average Bonchev–Trinajstić information content (AvgIpc) is 3.09. The summed E-state index contributed by atoms with van der Waals surface area (Å²) in [5.41, 5.74) is 1.29. The molecule has 3 aromatic rings. The van der Waals surface area contributed by atoms with E-state index in [-0.39, 0.29) is 17.3 Å². The van der Waals surface area contributed by atoms with E-state index in [4.69, 9.17) is 4.84 Å². The summed E-state index contributed by atoms with van der Waals surface area (Å²) in [5.74, 6) is 0.246. The van der Waals surface area contributed by atoms with Gasteiger partial charge in [0, 0.05) is 18.7 Å². The van der Waals surface area contributed by atoms with Gasteiger partial charge in [0.25, 0.3) is 0 Å². The van der Waals surface area contributed by atoms with Gasteiger partial charge in [-0.15, -0.1) is 5.10 Å². The van der Waals surface area contributed by atoms with Crippen molar-refractivity contribution in [3.05, 3.63) is 53.8 Å². The van der Waals surface area contributed by atoms with Crippen LogP contribution in [0, 0.1) is 17.7 Å². The fraction of sp³-hybridized carbons (Fsp3) is 0.400. The lowest BCUT2D eigenvalue weighted by molar-refractivity contribution is 0.0733. The van der Waals surface area contributed by atoms with Gasteiger partial charge in [-0.25, -0.2) is 12.8 Å². The summed E-state index contributed by atoms with van der Waals surface area (Å²) in [7, 11) is -3.64. The first-order chi connectivity index (χ1) is 13.8. The number of piperidine rings is 1. The van der Waals surface area contributed by atoms with Crippen LogP contribution in [0.4, 0.5) is 4.39 Å². The molecule has 2 atom stereocenters. The Labute approximate surface area is 169 Å². The predicted molar refractivity (Wildman–Crippen MR) is 106 cm³/mol. The quantitative estimate of drug-likeness (QED) is 0.637. The van der Waals surface area contributed by atoms with E-state index in [9.17, 15) is 12.8 Å². The van der Waals surface area contributed by atoms with E-state index in [1.165, 1.54) is 18.2 Å². The maximum atomic E-state index is 13.8. The Morgan fingerprint density at radius 1 is 1.14 bits per heavy atom. The van der Waals surface area contributed by atoms with Gasteiger partial charge in [-0.2, -0.15) is 4.31 Å². The van der Waals surface area contributed by atoms with E-state index in [1.54, 1.807) is 28.6 Å². The number of benzene rings is 2. The van der Waals surface area contributed by atoms with Crippen LogP contribution in [0.25, 0.3) is 11.0 Å². The van der Waals surface area contributed by atoms with Crippen LogP contribution in [0.15, 0.2) is 47.4 Å². The fourth-order valence-electron chi connectivity index (χ4n) is 3.83. The van der Waals surface area contributed by atoms with E-state index in [0.29, 0.717) is 41.5 Å². The third-order valence-electron chi connectivity index (χ3n) is 5.16. The van der Waals surface area contributed by atoms with Crippen molar-refractivity contribution in [3.8, 4) is 0 Å². The van der Waals surface area contributed by atoms with E-state index < -0.39 is 10.0 Å². The molecule has 1 aliphatic heterocycles. The molecule has 7 nitrogen and oxygen atoms in total. The van der Waals surface area contributed by atoms with Gasteiger partial charge in [-0.05, 0) is 47.7 Å². The summed E-state index contributed by atoms with van der Waals surface area (Å²) in [6.45, 7) is 5.09. The van der Waals surface area contributed by atoms with Gasteiger partial charge >= 0.3 is 0 Å². The third-order valence-corrected chi connectivity index (χ3v) is 6.99. The molecule has 1 aromatic heterocycles. The van der Waals surface area contributed by atoms with Crippen LogP contribution in [-0.4, -0.2) is 41.0 Å². The molecule has 0 bridgehead atoms. The molecule has 29 heavy (non-hydrogen) atoms. The van der Waals surface area contributed by atoms with E-state index in [2.05, 4.69) is 24.2 Å². The second-order valence-electron chi connectivity index (χ2n) is 7.75. The molecular formula is C20H23FN4O3S. The van der Waals surface area contributed by atoms with Gasteiger partial charge in [0.15, 0.2) is 0 Å². The topological polar surface area (TPSA) is 77.3 Å². The number of nitrogens with zero attached hydrogens (tertiary/aromatic N) is 4. The maximum Gasteiger partial charge on any atom is 0.243 e. The van der Waals surface area contributed by atoms with Gasteiger partial charge in [0.1, 0.15) is 23.5 Å². The zero-order valence-electron chi connectivity index (χ0n) is 16.3. The predicted octanol–water partition coefficient (Wildman–Crippen LogP) is 2.87. The Hall–Kier alpha value is -2.52. The Bertz CT molecular complexity index is 1120. The minimum atomic E-state index is -3.64. The summed E-state index contributed by atoms with van der Waals surface area (Å²) >= 11 is 0. The molecule has 0 N–H and O–H groups in total. The molecule has 1 fully saturated rings. The Kier molecular flexibility index (Phi) is 5.26. The van der Waals surface area contributed by atoms with Crippen molar-refractivity contribution < 1.29 is 17.6 Å². The number of sulfonamides is 1. The highest BCUT2D eigenvalue weighted by Crippen LogP contribution is 2.27. The molecule has 9 heteroatoms. The Balaban J connectivity index is 1.62. The van der Waals surface area contributed by atoms with Crippen molar-refractivity contribution in [2.45, 2.75) is 31.8 Å². The van der Waals surface area contributed by atoms with Crippen LogP contribution in [0.3, 0.4) is 0 Å². The third kappa shape index (κ3) is 3.97. The van der Waals surface area contributed by atoms with Gasteiger partial charge in [-0.1, -0.05) is 36.9 Å². The smallest absolute Gasteiger partial charge is 0.243 e. The molecule has 1 saturated heterocycles. The number of hydrogen-bond acceptors (Lipinski definition) is 5. The zero-order valence-corrected chi connectivity index (χ0v) is 17.1. The van der Waals surface area contributed by atoms with Crippen LogP contribution < -0.4 is 4.84 Å². The number of aromatic nitrogens is 3. The molecule has 0 aliphatic carbocycles. The van der Waals surface area contributed by atoms with Crippen molar-refractivity contribution in [2.24, 2.45) is 11.8 Å². The Morgan fingerprint density at radius 3 is 2.59 bits per heavy atom. The Morgan fingerprint density at radius 2 is 1.86 bits per heavy atom. The van der Waals surface area contributed by atoms with Crippen molar-refractivity contribution in [1.82, 2.24) is 19.5 Å². The molecule has 4 rings (SSSR count).